The summed E-state index contributed by atoms with van der Waals surface area (Å²) in [7, 11) is 0. The molecule has 0 aromatic heterocycles. The Labute approximate surface area is 156 Å². The molecule has 0 amide bonds. The van der Waals surface area contributed by atoms with Crippen molar-refractivity contribution in [3.05, 3.63) is 29.3 Å². The van der Waals surface area contributed by atoms with Gasteiger partial charge in [0.05, 0.1) is 5.41 Å². The molecular weight excluding hydrogens is 324 g/mol. The summed E-state index contributed by atoms with van der Waals surface area (Å²) < 4.78 is 6.19. The van der Waals surface area contributed by atoms with Crippen molar-refractivity contribution >= 4 is 5.97 Å². The maximum absolute atomic E-state index is 12.5. The van der Waals surface area contributed by atoms with Crippen LogP contribution in [-0.4, -0.2) is 16.7 Å². The van der Waals surface area contributed by atoms with Gasteiger partial charge < -0.3 is 9.84 Å². The summed E-state index contributed by atoms with van der Waals surface area (Å²) in [5, 5.41) is 9.84. The Morgan fingerprint density at radius 2 is 1.92 bits per heavy atom. The van der Waals surface area contributed by atoms with Crippen LogP contribution in [0.1, 0.15) is 76.3 Å². The number of benzene rings is 1. The molecule has 3 fully saturated rings. The fourth-order valence-corrected chi connectivity index (χ4v) is 7.26. The number of carbonyl (C=O) groups excluding carboxylic acids is 1. The molecule has 4 aliphatic rings. The lowest BCUT2D eigenvalue weighted by atomic mass is 9.52. The Morgan fingerprint density at radius 1 is 1.12 bits per heavy atom. The molecule has 140 valence electrons. The molecule has 1 spiro atoms. The third-order valence-electron chi connectivity index (χ3n) is 8.57. The number of aromatic hydroxyl groups is 1. The highest BCUT2D eigenvalue weighted by Gasteiger charge is 2.68. The Balaban J connectivity index is 1.50. The van der Waals surface area contributed by atoms with Crippen molar-refractivity contribution in [2.75, 3.05) is 0 Å². The second kappa shape index (κ2) is 5.05. The van der Waals surface area contributed by atoms with Gasteiger partial charge in [0.25, 0.3) is 0 Å². The molecule has 0 unspecified atom stereocenters. The molecule has 3 aliphatic carbocycles. The van der Waals surface area contributed by atoms with E-state index in [4.69, 9.17) is 4.74 Å². The summed E-state index contributed by atoms with van der Waals surface area (Å²) in [5.74, 6) is 2.34. The number of phenolic OH excluding ortho intramolecular Hbond substituents is 1. The number of carbonyl (C=O) groups is 1. The zero-order chi connectivity index (χ0) is 18.3. The molecule has 1 saturated heterocycles. The number of ether oxygens (including phenoxy) is 1. The van der Waals surface area contributed by atoms with Crippen LogP contribution in [0.25, 0.3) is 0 Å². The van der Waals surface area contributed by atoms with Gasteiger partial charge in [0.2, 0.25) is 0 Å². The molecule has 1 N–H and O–H groups in total. The standard InChI is InChI=1S/C23H30O3/c1-21(2)13-23(26-20(21)25)11-9-19-18-6-4-14-12-15(24)5-7-16(14)17(18)8-10-22(19,23)3/h5,7,12,17-19,24H,4,6,8-11,13H2,1-3H3/t17-,18-,19+,22+,23-/m1/s1. The van der Waals surface area contributed by atoms with Gasteiger partial charge in [-0.2, -0.15) is 0 Å². The van der Waals surface area contributed by atoms with Gasteiger partial charge in [0, 0.05) is 11.8 Å². The summed E-state index contributed by atoms with van der Waals surface area (Å²) in [5.41, 5.74) is 2.34. The summed E-state index contributed by atoms with van der Waals surface area (Å²) in [6.07, 6.45) is 7.69. The van der Waals surface area contributed by atoms with Crippen molar-refractivity contribution in [3.63, 3.8) is 0 Å². The van der Waals surface area contributed by atoms with Gasteiger partial charge in [0.15, 0.2) is 0 Å². The summed E-state index contributed by atoms with van der Waals surface area (Å²) in [6, 6.07) is 5.98. The fraction of sp³-hybridized carbons (Fsp3) is 0.696. The Morgan fingerprint density at radius 3 is 2.65 bits per heavy atom. The molecule has 1 aliphatic heterocycles. The van der Waals surface area contributed by atoms with E-state index in [-0.39, 0.29) is 22.4 Å². The zero-order valence-electron chi connectivity index (χ0n) is 16.2. The number of rotatable bonds is 0. The first-order valence-corrected chi connectivity index (χ1v) is 10.3. The lowest BCUT2D eigenvalue weighted by Crippen LogP contribution is -2.50. The average molecular weight is 354 g/mol. The minimum Gasteiger partial charge on any atom is -0.508 e. The molecule has 0 bridgehead atoms. The minimum atomic E-state index is -0.342. The van der Waals surface area contributed by atoms with E-state index in [1.165, 1.54) is 30.4 Å². The quantitative estimate of drug-likeness (QED) is 0.670. The molecule has 26 heavy (non-hydrogen) atoms. The van der Waals surface area contributed by atoms with Crippen LogP contribution in [0.3, 0.4) is 0 Å². The van der Waals surface area contributed by atoms with E-state index >= 15 is 0 Å². The molecule has 1 heterocycles. The molecule has 1 aromatic carbocycles. The lowest BCUT2D eigenvalue weighted by Gasteiger charge is -2.53. The number of fused-ring (bicyclic) bond motifs is 6. The van der Waals surface area contributed by atoms with Gasteiger partial charge >= 0.3 is 5.97 Å². The molecule has 1 aromatic rings. The fourth-order valence-electron chi connectivity index (χ4n) is 7.26. The first kappa shape index (κ1) is 16.6. The molecule has 3 nitrogen and oxygen atoms in total. The maximum atomic E-state index is 12.5. The van der Waals surface area contributed by atoms with Crippen molar-refractivity contribution in [1.29, 1.82) is 0 Å². The van der Waals surface area contributed by atoms with Gasteiger partial charge in [-0.1, -0.05) is 13.0 Å². The molecule has 5 rings (SSSR count). The minimum absolute atomic E-state index is 0.00552. The van der Waals surface area contributed by atoms with E-state index in [0.29, 0.717) is 23.5 Å². The third kappa shape index (κ3) is 1.98. The monoisotopic (exact) mass is 354 g/mol. The largest absolute Gasteiger partial charge is 0.508 e. The zero-order valence-corrected chi connectivity index (χ0v) is 16.2. The normalized spacial score (nSPS) is 42.9. The van der Waals surface area contributed by atoms with Crippen molar-refractivity contribution in [3.8, 4) is 5.75 Å². The predicted octanol–water partition coefficient (Wildman–Crippen LogP) is 4.96. The Kier molecular flexibility index (Phi) is 3.24. The summed E-state index contributed by atoms with van der Waals surface area (Å²) in [4.78, 5) is 12.5. The van der Waals surface area contributed by atoms with E-state index in [9.17, 15) is 9.90 Å². The van der Waals surface area contributed by atoms with Crippen LogP contribution in [-0.2, 0) is 16.0 Å². The second-order valence-corrected chi connectivity index (χ2v) is 10.2. The molecule has 0 radical (unpaired) electrons. The first-order valence-electron chi connectivity index (χ1n) is 10.3. The Hall–Kier alpha value is -1.51. The smallest absolute Gasteiger partial charge is 0.312 e. The van der Waals surface area contributed by atoms with E-state index in [2.05, 4.69) is 26.8 Å². The van der Waals surface area contributed by atoms with Gasteiger partial charge in [-0.25, -0.2) is 0 Å². The van der Waals surface area contributed by atoms with Crippen molar-refractivity contribution in [1.82, 2.24) is 0 Å². The second-order valence-electron chi connectivity index (χ2n) is 10.2. The molecular formula is C23H30O3. The molecule has 2 saturated carbocycles. The predicted molar refractivity (Wildman–Crippen MR) is 99.9 cm³/mol. The van der Waals surface area contributed by atoms with Crippen molar-refractivity contribution < 1.29 is 14.6 Å². The van der Waals surface area contributed by atoms with Crippen LogP contribution in [0.2, 0.25) is 0 Å². The maximum Gasteiger partial charge on any atom is 0.312 e. The van der Waals surface area contributed by atoms with E-state index in [1.54, 1.807) is 0 Å². The van der Waals surface area contributed by atoms with E-state index in [0.717, 1.165) is 25.7 Å². The lowest BCUT2D eigenvalue weighted by molar-refractivity contribution is -0.166. The number of phenols is 1. The molecule has 5 atom stereocenters. The highest BCUT2D eigenvalue weighted by Crippen LogP contribution is 2.68. The van der Waals surface area contributed by atoms with Crippen LogP contribution in [0.4, 0.5) is 0 Å². The summed E-state index contributed by atoms with van der Waals surface area (Å²) >= 11 is 0. The van der Waals surface area contributed by atoms with Crippen LogP contribution in [0.5, 0.6) is 5.75 Å². The average Bonchev–Trinajstić information content (AvgIpc) is 2.99. The van der Waals surface area contributed by atoms with Gasteiger partial charge in [-0.15, -0.1) is 0 Å². The van der Waals surface area contributed by atoms with E-state index < -0.39 is 0 Å². The van der Waals surface area contributed by atoms with Crippen molar-refractivity contribution in [2.24, 2.45) is 22.7 Å². The number of esters is 1. The van der Waals surface area contributed by atoms with E-state index in [1.807, 2.05) is 12.1 Å². The topological polar surface area (TPSA) is 46.5 Å². The number of aryl methyl sites for hydroxylation is 1. The summed E-state index contributed by atoms with van der Waals surface area (Å²) in [6.45, 7) is 6.52. The van der Waals surface area contributed by atoms with Gasteiger partial charge in [-0.05, 0) is 93.4 Å². The number of hydrogen-bond acceptors (Lipinski definition) is 3. The van der Waals surface area contributed by atoms with Crippen LogP contribution in [0, 0.1) is 22.7 Å². The molecule has 3 heteroatoms. The van der Waals surface area contributed by atoms with Crippen LogP contribution >= 0.6 is 0 Å². The first-order chi connectivity index (χ1) is 12.3. The highest BCUT2D eigenvalue weighted by molar-refractivity contribution is 5.79. The third-order valence-corrected chi connectivity index (χ3v) is 8.57. The van der Waals surface area contributed by atoms with Gasteiger partial charge in [0.1, 0.15) is 11.4 Å². The van der Waals surface area contributed by atoms with Gasteiger partial charge in [-0.3, -0.25) is 4.79 Å². The number of hydrogen-bond donors (Lipinski definition) is 1. The Bertz CT molecular complexity index is 782. The van der Waals surface area contributed by atoms with Crippen LogP contribution < -0.4 is 0 Å². The van der Waals surface area contributed by atoms with Crippen LogP contribution in [0.15, 0.2) is 18.2 Å². The van der Waals surface area contributed by atoms with Crippen molar-refractivity contribution in [2.45, 2.75) is 77.2 Å². The SMILES string of the molecule is CC1(C)C[C@@]2(CC[C@H]3[C@@H]4CCc5cc(O)ccc5[C@H]4CC[C@@]32C)OC1=O. The highest BCUT2D eigenvalue weighted by atomic mass is 16.6.